The van der Waals surface area contributed by atoms with Crippen molar-refractivity contribution in [1.29, 1.82) is 0 Å². The van der Waals surface area contributed by atoms with Gasteiger partial charge in [-0.15, -0.1) is 11.3 Å². The number of nitrogens with zero attached hydrogens (tertiary/aromatic N) is 1. The number of hydrogen-bond acceptors (Lipinski definition) is 4. The minimum absolute atomic E-state index is 0.116. The highest BCUT2D eigenvalue weighted by Crippen LogP contribution is 2.46. The lowest BCUT2D eigenvalue weighted by molar-refractivity contribution is -0.0544. The fourth-order valence-electron chi connectivity index (χ4n) is 2.72. The molecule has 0 radical (unpaired) electrons. The van der Waals surface area contributed by atoms with Gasteiger partial charge >= 0.3 is 0 Å². The van der Waals surface area contributed by atoms with Crippen LogP contribution in [0, 0.1) is 13.8 Å². The quantitative estimate of drug-likeness (QED) is 0.890. The molecule has 0 saturated heterocycles. The van der Waals surface area contributed by atoms with Gasteiger partial charge in [0.15, 0.2) is 0 Å². The monoisotopic (exact) mass is 266 g/mol. The van der Waals surface area contributed by atoms with E-state index in [1.807, 2.05) is 11.3 Å². The maximum absolute atomic E-state index is 5.73. The fraction of sp³-hybridized carbons (Fsp3) is 0.786. The summed E-state index contributed by atoms with van der Waals surface area (Å²) in [4.78, 5) is 6.13. The van der Waals surface area contributed by atoms with Crippen molar-refractivity contribution < 1.29 is 4.74 Å². The van der Waals surface area contributed by atoms with Crippen LogP contribution >= 0.6 is 11.3 Å². The topological polar surface area (TPSA) is 34.1 Å². The second-order valence-corrected chi connectivity index (χ2v) is 6.85. The van der Waals surface area contributed by atoms with Crippen LogP contribution in [-0.2, 0) is 10.3 Å². The first-order chi connectivity index (χ1) is 8.63. The van der Waals surface area contributed by atoms with Gasteiger partial charge in [-0.1, -0.05) is 0 Å². The molecule has 1 N–H and O–H groups in total. The Morgan fingerprint density at radius 1 is 1.39 bits per heavy atom. The molecule has 0 unspecified atom stereocenters. The zero-order valence-corrected chi connectivity index (χ0v) is 12.3. The van der Waals surface area contributed by atoms with Crippen molar-refractivity contribution >= 4 is 11.3 Å². The third-order valence-electron chi connectivity index (χ3n) is 4.05. The van der Waals surface area contributed by atoms with E-state index in [2.05, 4.69) is 26.1 Å². The molecule has 0 spiro atoms. The van der Waals surface area contributed by atoms with E-state index in [1.54, 1.807) is 0 Å². The van der Waals surface area contributed by atoms with Gasteiger partial charge in [-0.3, -0.25) is 0 Å². The van der Waals surface area contributed by atoms with E-state index >= 15 is 0 Å². The summed E-state index contributed by atoms with van der Waals surface area (Å²) < 4.78 is 5.73. The van der Waals surface area contributed by atoms with Crippen LogP contribution in [0.15, 0.2) is 0 Å². The van der Waals surface area contributed by atoms with Gasteiger partial charge in [-0.05, 0) is 46.5 Å². The number of aromatic nitrogens is 1. The van der Waals surface area contributed by atoms with Crippen LogP contribution in [0.5, 0.6) is 0 Å². The minimum atomic E-state index is 0.116. The predicted molar refractivity (Wildman–Crippen MR) is 74.1 cm³/mol. The number of aryl methyl sites for hydroxylation is 2. The maximum atomic E-state index is 5.73. The van der Waals surface area contributed by atoms with Crippen molar-refractivity contribution in [3.63, 3.8) is 0 Å². The Balaban J connectivity index is 1.78. The number of thiazole rings is 1. The third-order valence-corrected chi connectivity index (χ3v) is 5.33. The largest absolute Gasteiger partial charge is 0.378 e. The summed E-state index contributed by atoms with van der Waals surface area (Å²) in [7, 11) is 0. The Morgan fingerprint density at radius 3 is 2.61 bits per heavy atom. The van der Waals surface area contributed by atoms with E-state index in [4.69, 9.17) is 9.72 Å². The molecule has 3 nitrogen and oxygen atoms in total. The van der Waals surface area contributed by atoms with Crippen LogP contribution in [-0.4, -0.2) is 23.7 Å². The Kier molecular flexibility index (Phi) is 3.20. The summed E-state index contributed by atoms with van der Waals surface area (Å²) in [5.74, 6) is 0. The molecule has 18 heavy (non-hydrogen) atoms. The molecule has 2 aliphatic rings. The smallest absolute Gasteiger partial charge is 0.113 e. The highest BCUT2D eigenvalue weighted by Gasteiger charge is 2.50. The Bertz CT molecular complexity index is 414. The average molecular weight is 266 g/mol. The number of ether oxygens (including phenoxy) is 1. The van der Waals surface area contributed by atoms with Gasteiger partial charge < -0.3 is 10.1 Å². The van der Waals surface area contributed by atoms with Gasteiger partial charge in [-0.2, -0.15) is 0 Å². The van der Waals surface area contributed by atoms with E-state index in [1.165, 1.54) is 28.4 Å². The van der Waals surface area contributed by atoms with Crippen LogP contribution in [0.3, 0.4) is 0 Å². The molecule has 1 heterocycles. The van der Waals surface area contributed by atoms with Crippen molar-refractivity contribution in [1.82, 2.24) is 10.3 Å². The summed E-state index contributed by atoms with van der Waals surface area (Å²) in [5.41, 5.74) is 1.30. The molecule has 100 valence electrons. The van der Waals surface area contributed by atoms with E-state index < -0.39 is 0 Å². The Morgan fingerprint density at radius 2 is 2.11 bits per heavy atom. The van der Waals surface area contributed by atoms with Gasteiger partial charge in [0, 0.05) is 17.5 Å². The minimum Gasteiger partial charge on any atom is -0.378 e. The van der Waals surface area contributed by atoms with E-state index in [9.17, 15) is 0 Å². The van der Waals surface area contributed by atoms with Crippen molar-refractivity contribution in [2.24, 2.45) is 0 Å². The van der Waals surface area contributed by atoms with Crippen molar-refractivity contribution in [2.45, 2.75) is 64.1 Å². The Labute approximate surface area is 113 Å². The highest BCUT2D eigenvalue weighted by atomic mass is 32.1. The van der Waals surface area contributed by atoms with Crippen LogP contribution in [0.25, 0.3) is 0 Å². The molecule has 1 aromatic heterocycles. The summed E-state index contributed by atoms with van der Waals surface area (Å²) in [5, 5.41) is 5.10. The summed E-state index contributed by atoms with van der Waals surface area (Å²) in [6.45, 7) is 7.17. The van der Waals surface area contributed by atoms with E-state index in [0.717, 1.165) is 25.5 Å². The van der Waals surface area contributed by atoms with Crippen LogP contribution in [0.4, 0.5) is 0 Å². The molecule has 2 fully saturated rings. The SMILES string of the molecule is CCOC1CC(NC2CC2)(c2nc(C)c(C)s2)C1. The molecule has 0 atom stereocenters. The molecule has 0 bridgehead atoms. The summed E-state index contributed by atoms with van der Waals surface area (Å²) in [6, 6.07) is 0.720. The first kappa shape index (κ1) is 12.6. The van der Waals surface area contributed by atoms with Gasteiger partial charge in [0.2, 0.25) is 0 Å². The van der Waals surface area contributed by atoms with Gasteiger partial charge in [-0.25, -0.2) is 4.98 Å². The fourth-order valence-corrected chi connectivity index (χ4v) is 3.81. The van der Waals surface area contributed by atoms with Crippen LogP contribution < -0.4 is 5.32 Å². The molecule has 0 aromatic carbocycles. The van der Waals surface area contributed by atoms with Gasteiger partial charge in [0.1, 0.15) is 5.01 Å². The lowest BCUT2D eigenvalue weighted by Crippen LogP contribution is -2.56. The number of hydrogen-bond donors (Lipinski definition) is 1. The molecular weight excluding hydrogens is 244 g/mol. The first-order valence-corrected chi connectivity index (χ1v) is 7.78. The molecule has 2 saturated carbocycles. The van der Waals surface area contributed by atoms with Crippen molar-refractivity contribution in [3.05, 3.63) is 15.6 Å². The lowest BCUT2D eigenvalue weighted by atomic mass is 9.74. The standard InChI is InChI=1S/C14H22N2OS/c1-4-17-12-7-14(8-12,16-11-5-6-11)13-15-9(2)10(3)18-13/h11-12,16H,4-8H2,1-3H3. The number of rotatable bonds is 5. The second kappa shape index (κ2) is 4.58. The zero-order chi connectivity index (χ0) is 12.8. The molecular formula is C14H22N2OS. The van der Waals surface area contributed by atoms with Gasteiger partial charge in [0.25, 0.3) is 0 Å². The summed E-state index contributed by atoms with van der Waals surface area (Å²) in [6.07, 6.45) is 5.24. The normalized spacial score (nSPS) is 31.4. The molecule has 4 heteroatoms. The van der Waals surface area contributed by atoms with Gasteiger partial charge in [0.05, 0.1) is 17.3 Å². The zero-order valence-electron chi connectivity index (χ0n) is 11.5. The maximum Gasteiger partial charge on any atom is 0.113 e. The second-order valence-electron chi connectivity index (χ2n) is 5.65. The summed E-state index contributed by atoms with van der Waals surface area (Å²) >= 11 is 1.86. The number of nitrogens with one attached hydrogen (secondary N) is 1. The highest BCUT2D eigenvalue weighted by molar-refractivity contribution is 7.11. The molecule has 1 aromatic rings. The third kappa shape index (κ3) is 2.22. The van der Waals surface area contributed by atoms with E-state index in [0.29, 0.717) is 6.10 Å². The average Bonchev–Trinajstić information content (AvgIpc) is 3.02. The lowest BCUT2D eigenvalue weighted by Gasteiger charge is -2.46. The predicted octanol–water partition coefficient (Wildman–Crippen LogP) is 2.91. The first-order valence-electron chi connectivity index (χ1n) is 6.97. The van der Waals surface area contributed by atoms with Crippen molar-refractivity contribution in [2.75, 3.05) is 6.61 Å². The Hall–Kier alpha value is -0.450. The molecule has 2 aliphatic carbocycles. The van der Waals surface area contributed by atoms with E-state index in [-0.39, 0.29) is 5.54 Å². The molecule has 3 rings (SSSR count). The van der Waals surface area contributed by atoms with Crippen molar-refractivity contribution in [3.8, 4) is 0 Å². The van der Waals surface area contributed by atoms with Crippen LogP contribution in [0.2, 0.25) is 0 Å². The molecule has 0 amide bonds. The molecule has 0 aliphatic heterocycles. The van der Waals surface area contributed by atoms with Crippen LogP contribution in [0.1, 0.15) is 48.2 Å².